The summed E-state index contributed by atoms with van der Waals surface area (Å²) in [4.78, 5) is 4.16. The predicted octanol–water partition coefficient (Wildman–Crippen LogP) is 3.56. The lowest BCUT2D eigenvalue weighted by Gasteiger charge is -2.31. The van der Waals surface area contributed by atoms with Crippen molar-refractivity contribution in [2.75, 3.05) is 7.11 Å². The van der Waals surface area contributed by atoms with Gasteiger partial charge in [-0.15, -0.1) is 0 Å². The average Bonchev–Trinajstić information content (AvgIpc) is 2.60. The largest absolute Gasteiger partial charge is 0.507 e. The first-order valence-electron chi connectivity index (χ1n) is 7.43. The van der Waals surface area contributed by atoms with Crippen LogP contribution in [-0.4, -0.2) is 25.2 Å². The van der Waals surface area contributed by atoms with E-state index >= 15 is 0 Å². The summed E-state index contributed by atoms with van der Waals surface area (Å²) in [6, 6.07) is 10.6. The second-order valence-electron chi connectivity index (χ2n) is 5.45. The lowest BCUT2D eigenvalue weighted by Crippen LogP contribution is -2.52. The molecule has 0 radical (unpaired) electrons. The third-order valence-corrected chi connectivity index (χ3v) is 3.62. The maximum absolute atomic E-state index is 13.3. The molecule has 1 aliphatic heterocycles. The fourth-order valence-electron chi connectivity index (χ4n) is 2.27. The van der Waals surface area contributed by atoms with E-state index in [1.807, 2.05) is 6.07 Å². The van der Waals surface area contributed by atoms with Crippen molar-refractivity contribution in [2.45, 2.75) is 18.8 Å². The number of benzene rings is 2. The summed E-state index contributed by atoms with van der Waals surface area (Å²) in [6.07, 6.45) is -9.54. The summed E-state index contributed by atoms with van der Waals surface area (Å²) in [5, 5.41) is 0. The Bertz CT molecular complexity index is 856. The fraction of sp³-hybridized carbons (Fsp3) is 0.235. The highest BCUT2D eigenvalue weighted by molar-refractivity contribution is 5.98. The number of hydrogen-bond donors (Lipinski definition) is 1. The Morgan fingerprint density at radius 2 is 1.73 bits per heavy atom. The zero-order valence-corrected chi connectivity index (χ0v) is 13.5. The van der Waals surface area contributed by atoms with Crippen LogP contribution in [-0.2, 0) is 6.54 Å². The monoisotopic (exact) mass is 370 g/mol. The minimum atomic E-state index is -4.79. The van der Waals surface area contributed by atoms with Crippen molar-refractivity contribution in [1.29, 1.82) is 0 Å². The highest BCUT2D eigenvalue weighted by Crippen LogP contribution is 2.46. The number of nitrogens with zero attached hydrogens (tertiary/aromatic N) is 1. The van der Waals surface area contributed by atoms with E-state index in [0.717, 1.165) is 17.7 Å². The Kier molecular flexibility index (Phi) is 4.39. The van der Waals surface area contributed by atoms with Crippen LogP contribution in [0.3, 0.4) is 0 Å². The highest BCUT2D eigenvalue weighted by atomic mass is 19.3. The molecule has 3 rings (SSSR count). The van der Waals surface area contributed by atoms with E-state index in [1.54, 1.807) is 18.2 Å². The third-order valence-electron chi connectivity index (χ3n) is 3.62. The lowest BCUT2D eigenvalue weighted by molar-refractivity contribution is -0.391. The summed E-state index contributed by atoms with van der Waals surface area (Å²) in [5.41, 5.74) is 6.90. The molecule has 0 saturated carbocycles. The number of rotatable bonds is 4. The number of hydrogen-bond acceptors (Lipinski definition) is 4. The van der Waals surface area contributed by atoms with Crippen LogP contribution in [0.2, 0.25) is 0 Å². The first kappa shape index (κ1) is 17.8. The second kappa shape index (κ2) is 6.40. The smallest absolute Gasteiger partial charge is 0.497 e. The standard InChI is InChI=1S/C17H14F4N2O3/c1-24-12-4-2-3-10(7-12)9-23-15(22)11-5-6-13-14(8-11)26-17(20,21)16(18,19)25-13/h2-8H,9H2,1H3,(H2,22,23). The molecular weight excluding hydrogens is 356 g/mol. The van der Waals surface area contributed by atoms with Crippen molar-refractivity contribution in [3.05, 3.63) is 53.6 Å². The Hall–Kier alpha value is -2.97. The van der Waals surface area contributed by atoms with Gasteiger partial charge < -0.3 is 19.9 Å². The average molecular weight is 370 g/mol. The van der Waals surface area contributed by atoms with Gasteiger partial charge >= 0.3 is 12.2 Å². The fourth-order valence-corrected chi connectivity index (χ4v) is 2.27. The molecule has 0 atom stereocenters. The molecule has 0 saturated heterocycles. The number of fused-ring (bicyclic) bond motifs is 1. The first-order valence-corrected chi connectivity index (χ1v) is 7.43. The van der Waals surface area contributed by atoms with Gasteiger partial charge in [-0.05, 0) is 35.9 Å². The molecule has 1 aliphatic rings. The van der Waals surface area contributed by atoms with Crippen molar-refractivity contribution in [2.24, 2.45) is 10.7 Å². The van der Waals surface area contributed by atoms with Crippen LogP contribution in [0.4, 0.5) is 17.6 Å². The number of ether oxygens (including phenoxy) is 3. The van der Waals surface area contributed by atoms with Crippen molar-refractivity contribution in [3.63, 3.8) is 0 Å². The molecule has 1 heterocycles. The molecule has 2 aromatic rings. The minimum absolute atomic E-state index is 0.0277. The Labute approximate surface area is 146 Å². The molecule has 0 amide bonds. The molecule has 2 N–H and O–H groups in total. The summed E-state index contributed by atoms with van der Waals surface area (Å²) in [5.74, 6) is -0.373. The highest BCUT2D eigenvalue weighted by Gasteiger charge is 2.65. The second-order valence-corrected chi connectivity index (χ2v) is 5.45. The van der Waals surface area contributed by atoms with Crippen molar-refractivity contribution < 1.29 is 31.8 Å². The van der Waals surface area contributed by atoms with Gasteiger partial charge in [0.1, 0.15) is 11.6 Å². The maximum atomic E-state index is 13.3. The van der Waals surface area contributed by atoms with Crippen LogP contribution in [0.15, 0.2) is 47.5 Å². The molecule has 2 aromatic carbocycles. The number of nitrogens with two attached hydrogens (primary N) is 1. The number of methoxy groups -OCH3 is 1. The van der Waals surface area contributed by atoms with E-state index in [2.05, 4.69) is 14.5 Å². The van der Waals surface area contributed by atoms with Gasteiger partial charge in [0, 0.05) is 5.56 Å². The zero-order chi connectivity index (χ0) is 18.9. The normalized spacial score (nSPS) is 17.7. The quantitative estimate of drug-likeness (QED) is 0.508. The molecule has 0 aromatic heterocycles. The number of aliphatic imine (C=N–C) groups is 1. The van der Waals surface area contributed by atoms with Crippen LogP contribution in [0.25, 0.3) is 0 Å². The minimum Gasteiger partial charge on any atom is -0.497 e. The van der Waals surface area contributed by atoms with Gasteiger partial charge in [-0.2, -0.15) is 17.6 Å². The molecule has 26 heavy (non-hydrogen) atoms. The van der Waals surface area contributed by atoms with Crippen LogP contribution in [0, 0.1) is 0 Å². The van der Waals surface area contributed by atoms with Gasteiger partial charge in [0.2, 0.25) is 0 Å². The maximum Gasteiger partial charge on any atom is 0.507 e. The summed E-state index contributed by atoms with van der Waals surface area (Å²) >= 11 is 0. The van der Waals surface area contributed by atoms with Gasteiger partial charge in [0.25, 0.3) is 0 Å². The molecule has 0 bridgehead atoms. The van der Waals surface area contributed by atoms with E-state index in [-0.39, 0.29) is 17.9 Å². The zero-order valence-electron chi connectivity index (χ0n) is 13.5. The molecule has 0 unspecified atom stereocenters. The van der Waals surface area contributed by atoms with E-state index < -0.39 is 23.7 Å². The summed E-state index contributed by atoms with van der Waals surface area (Å²) in [7, 11) is 1.53. The molecule has 5 nitrogen and oxygen atoms in total. The molecule has 0 fully saturated rings. The van der Waals surface area contributed by atoms with Crippen molar-refractivity contribution in [1.82, 2.24) is 0 Å². The SMILES string of the molecule is COc1cccc(CN=C(N)c2ccc3c(c2)OC(F)(F)C(F)(F)O3)c1. The predicted molar refractivity (Wildman–Crippen MR) is 85.0 cm³/mol. The van der Waals surface area contributed by atoms with Crippen molar-refractivity contribution in [3.8, 4) is 17.2 Å². The molecule has 138 valence electrons. The topological polar surface area (TPSA) is 66.1 Å². The van der Waals surface area contributed by atoms with E-state index in [9.17, 15) is 17.6 Å². The van der Waals surface area contributed by atoms with Crippen LogP contribution >= 0.6 is 0 Å². The van der Waals surface area contributed by atoms with E-state index in [0.29, 0.717) is 5.75 Å². The molecule has 0 aliphatic carbocycles. The number of alkyl halides is 4. The Balaban J connectivity index is 1.82. The lowest BCUT2D eigenvalue weighted by atomic mass is 10.1. The summed E-state index contributed by atoms with van der Waals surface area (Å²) in [6.45, 7) is 0.214. The number of amidine groups is 1. The van der Waals surface area contributed by atoms with Crippen molar-refractivity contribution >= 4 is 5.84 Å². The molecule has 9 heteroatoms. The first-order chi connectivity index (χ1) is 12.2. The van der Waals surface area contributed by atoms with Crippen LogP contribution in [0.1, 0.15) is 11.1 Å². The van der Waals surface area contributed by atoms with Gasteiger partial charge in [-0.25, -0.2) is 0 Å². The Morgan fingerprint density at radius 1 is 1.04 bits per heavy atom. The Morgan fingerprint density at radius 3 is 2.42 bits per heavy atom. The molecular formula is C17H14F4N2O3. The van der Waals surface area contributed by atoms with Gasteiger partial charge in [0.15, 0.2) is 11.5 Å². The van der Waals surface area contributed by atoms with Crippen LogP contribution in [0.5, 0.6) is 17.2 Å². The van der Waals surface area contributed by atoms with Crippen LogP contribution < -0.4 is 19.9 Å². The summed E-state index contributed by atoms with van der Waals surface area (Å²) < 4.78 is 66.0. The van der Waals surface area contributed by atoms with E-state index in [4.69, 9.17) is 10.5 Å². The van der Waals surface area contributed by atoms with Gasteiger partial charge in [0.05, 0.1) is 13.7 Å². The van der Waals surface area contributed by atoms with E-state index in [1.165, 1.54) is 13.2 Å². The molecule has 0 spiro atoms. The van der Waals surface area contributed by atoms with Gasteiger partial charge in [-0.1, -0.05) is 12.1 Å². The third kappa shape index (κ3) is 3.37. The van der Waals surface area contributed by atoms with Gasteiger partial charge in [-0.3, -0.25) is 4.99 Å². The number of halogens is 4.